The molecule has 0 aromatic heterocycles. The summed E-state index contributed by atoms with van der Waals surface area (Å²) in [5, 5.41) is 0. The van der Waals surface area contributed by atoms with Crippen molar-refractivity contribution in [3.05, 3.63) is 70.8 Å². The second-order valence-corrected chi connectivity index (χ2v) is 7.94. The lowest BCUT2D eigenvalue weighted by Crippen LogP contribution is -2.14. The van der Waals surface area contributed by atoms with Gasteiger partial charge in [0.1, 0.15) is 0 Å². The molecule has 0 saturated carbocycles. The summed E-state index contributed by atoms with van der Waals surface area (Å²) in [6.45, 7) is 8.00. The number of benzene rings is 2. The molecule has 0 heterocycles. The molecule has 0 saturated heterocycles. The highest BCUT2D eigenvalue weighted by atomic mass is 32.2. The van der Waals surface area contributed by atoms with E-state index in [0.29, 0.717) is 10.6 Å². The molecule has 0 spiro atoms. The first kappa shape index (κ1) is 15.8. The second kappa shape index (κ2) is 5.85. The van der Waals surface area contributed by atoms with Crippen molar-refractivity contribution in [2.24, 2.45) is 0 Å². The fourth-order valence-corrected chi connectivity index (χ4v) is 3.96. The molecule has 4 heteroatoms. The van der Waals surface area contributed by atoms with Crippen LogP contribution in [-0.4, -0.2) is 8.42 Å². The van der Waals surface area contributed by atoms with Crippen LogP contribution in [0.2, 0.25) is 0 Å². The Balaban J connectivity index is 1.90. The molecule has 0 atom stereocenters. The van der Waals surface area contributed by atoms with Crippen LogP contribution in [0.5, 0.6) is 0 Å². The minimum Gasteiger partial charge on any atom is -0.280 e. The Kier molecular flexibility index (Phi) is 4.02. The van der Waals surface area contributed by atoms with Gasteiger partial charge in [-0.3, -0.25) is 4.72 Å². The average Bonchev–Trinajstić information content (AvgIpc) is 2.50. The van der Waals surface area contributed by atoms with Crippen LogP contribution in [0.1, 0.15) is 28.7 Å². The van der Waals surface area contributed by atoms with Crippen LogP contribution in [0.3, 0.4) is 0 Å². The molecule has 0 bridgehead atoms. The molecule has 0 amide bonds. The van der Waals surface area contributed by atoms with Crippen molar-refractivity contribution in [3.8, 4) is 0 Å². The molecule has 0 aliphatic heterocycles. The molecular formula is C19H21NO2S. The molecule has 3 rings (SSSR count). The smallest absolute Gasteiger partial charge is 0.261 e. The van der Waals surface area contributed by atoms with E-state index in [1.165, 1.54) is 11.1 Å². The van der Waals surface area contributed by atoms with Gasteiger partial charge in [-0.25, -0.2) is 8.42 Å². The maximum atomic E-state index is 12.6. The van der Waals surface area contributed by atoms with E-state index in [1.54, 1.807) is 18.2 Å². The zero-order chi connectivity index (χ0) is 16.6. The normalized spacial score (nSPS) is 14.4. The van der Waals surface area contributed by atoms with E-state index in [-0.39, 0.29) is 0 Å². The minimum absolute atomic E-state index is 0.321. The van der Waals surface area contributed by atoms with Crippen molar-refractivity contribution in [3.63, 3.8) is 0 Å². The topological polar surface area (TPSA) is 46.2 Å². The molecular weight excluding hydrogens is 306 g/mol. The van der Waals surface area contributed by atoms with Gasteiger partial charge in [0.25, 0.3) is 10.0 Å². The SMILES string of the molecule is C=C1CCc2cc(S(=O)(=O)Nc3ccc(C)c(C)c3)ccc2C1. The van der Waals surface area contributed by atoms with Crippen LogP contribution < -0.4 is 4.72 Å². The minimum atomic E-state index is -3.56. The van der Waals surface area contributed by atoms with Gasteiger partial charge in [-0.2, -0.15) is 0 Å². The van der Waals surface area contributed by atoms with Crippen molar-refractivity contribution in [2.75, 3.05) is 4.72 Å². The zero-order valence-corrected chi connectivity index (χ0v) is 14.3. The van der Waals surface area contributed by atoms with Crippen molar-refractivity contribution in [1.29, 1.82) is 0 Å². The largest absolute Gasteiger partial charge is 0.280 e. The number of nitrogens with one attached hydrogen (secondary N) is 1. The van der Waals surface area contributed by atoms with Crippen LogP contribution >= 0.6 is 0 Å². The fourth-order valence-electron chi connectivity index (χ4n) is 2.86. The monoisotopic (exact) mass is 327 g/mol. The van der Waals surface area contributed by atoms with Crippen LogP contribution in [-0.2, 0) is 22.9 Å². The van der Waals surface area contributed by atoms with E-state index in [9.17, 15) is 8.42 Å². The lowest BCUT2D eigenvalue weighted by atomic mass is 9.89. The van der Waals surface area contributed by atoms with E-state index < -0.39 is 10.0 Å². The summed E-state index contributed by atoms with van der Waals surface area (Å²) in [6, 6.07) is 11.0. The molecule has 1 aliphatic carbocycles. The predicted octanol–water partition coefficient (Wildman–Crippen LogP) is 4.15. The van der Waals surface area contributed by atoms with E-state index in [4.69, 9.17) is 0 Å². The molecule has 0 unspecified atom stereocenters. The molecule has 2 aromatic carbocycles. The van der Waals surface area contributed by atoms with Gasteiger partial charge in [0.2, 0.25) is 0 Å². The number of fused-ring (bicyclic) bond motifs is 1. The average molecular weight is 327 g/mol. The summed E-state index contributed by atoms with van der Waals surface area (Å²) >= 11 is 0. The number of allylic oxidation sites excluding steroid dienone is 1. The van der Waals surface area contributed by atoms with Crippen molar-refractivity contribution in [2.45, 2.75) is 38.0 Å². The summed E-state index contributed by atoms with van der Waals surface area (Å²) < 4.78 is 27.9. The zero-order valence-electron chi connectivity index (χ0n) is 13.5. The maximum Gasteiger partial charge on any atom is 0.261 e. The molecule has 1 N–H and O–H groups in total. The molecule has 0 fully saturated rings. The molecule has 3 nitrogen and oxygen atoms in total. The second-order valence-electron chi connectivity index (χ2n) is 6.26. The molecule has 1 aliphatic rings. The molecule has 2 aromatic rings. The summed E-state index contributed by atoms with van der Waals surface area (Å²) in [5.41, 5.74) is 6.31. The highest BCUT2D eigenvalue weighted by molar-refractivity contribution is 7.92. The maximum absolute atomic E-state index is 12.6. The van der Waals surface area contributed by atoms with Gasteiger partial charge in [-0.15, -0.1) is 0 Å². The summed E-state index contributed by atoms with van der Waals surface area (Å²) in [7, 11) is -3.56. The van der Waals surface area contributed by atoms with Gasteiger partial charge in [-0.05, 0) is 79.6 Å². The van der Waals surface area contributed by atoms with Crippen molar-refractivity contribution in [1.82, 2.24) is 0 Å². The van der Waals surface area contributed by atoms with Crippen LogP contribution in [0.4, 0.5) is 5.69 Å². The molecule has 0 radical (unpaired) electrons. The van der Waals surface area contributed by atoms with Gasteiger partial charge in [0.05, 0.1) is 4.90 Å². The highest BCUT2D eigenvalue weighted by Crippen LogP contribution is 2.27. The summed E-state index contributed by atoms with van der Waals surface area (Å²) in [4.78, 5) is 0.321. The van der Waals surface area contributed by atoms with E-state index in [2.05, 4.69) is 11.3 Å². The Morgan fingerprint density at radius 2 is 1.74 bits per heavy atom. The Labute approximate surface area is 138 Å². The fraction of sp³-hybridized carbons (Fsp3) is 0.263. The van der Waals surface area contributed by atoms with Crippen LogP contribution in [0.25, 0.3) is 0 Å². The number of rotatable bonds is 3. The third-order valence-electron chi connectivity index (χ3n) is 4.44. The first-order chi connectivity index (χ1) is 10.8. The lowest BCUT2D eigenvalue weighted by Gasteiger charge is -2.19. The van der Waals surface area contributed by atoms with Crippen LogP contribution in [0, 0.1) is 13.8 Å². The first-order valence-electron chi connectivity index (χ1n) is 7.74. The molecule has 23 heavy (non-hydrogen) atoms. The van der Waals surface area contributed by atoms with Gasteiger partial charge in [0, 0.05) is 5.69 Å². The Morgan fingerprint density at radius 1 is 0.957 bits per heavy atom. The third kappa shape index (κ3) is 3.32. The standard InChI is InChI=1S/C19H21NO2S/c1-13-4-6-17-12-19(9-7-16(17)10-13)23(21,22)20-18-8-5-14(2)15(3)11-18/h5,7-9,11-12,20H,1,4,6,10H2,2-3H3. The number of hydrogen-bond donors (Lipinski definition) is 1. The van der Waals surface area contributed by atoms with Gasteiger partial charge in [-0.1, -0.05) is 24.3 Å². The van der Waals surface area contributed by atoms with Crippen LogP contribution in [0.15, 0.2) is 53.4 Å². The Hall–Kier alpha value is -2.07. The first-order valence-corrected chi connectivity index (χ1v) is 9.22. The number of aryl methyl sites for hydroxylation is 3. The third-order valence-corrected chi connectivity index (χ3v) is 5.81. The van der Waals surface area contributed by atoms with Gasteiger partial charge >= 0.3 is 0 Å². The van der Waals surface area contributed by atoms with E-state index >= 15 is 0 Å². The van der Waals surface area contributed by atoms with E-state index in [0.717, 1.165) is 36.0 Å². The number of anilines is 1. The summed E-state index contributed by atoms with van der Waals surface area (Å²) in [6.07, 6.45) is 2.64. The summed E-state index contributed by atoms with van der Waals surface area (Å²) in [5.74, 6) is 0. The van der Waals surface area contributed by atoms with Crippen molar-refractivity contribution >= 4 is 15.7 Å². The Bertz CT molecular complexity index is 882. The van der Waals surface area contributed by atoms with Gasteiger partial charge in [0.15, 0.2) is 0 Å². The quantitative estimate of drug-likeness (QED) is 0.861. The highest BCUT2D eigenvalue weighted by Gasteiger charge is 2.18. The lowest BCUT2D eigenvalue weighted by molar-refractivity contribution is 0.601. The molecule has 120 valence electrons. The number of hydrogen-bond acceptors (Lipinski definition) is 2. The number of sulfonamides is 1. The van der Waals surface area contributed by atoms with Gasteiger partial charge < -0.3 is 0 Å². The van der Waals surface area contributed by atoms with Crippen molar-refractivity contribution < 1.29 is 8.42 Å². The predicted molar refractivity (Wildman–Crippen MR) is 94.3 cm³/mol. The Morgan fingerprint density at radius 3 is 2.48 bits per heavy atom. The van der Waals surface area contributed by atoms with E-state index in [1.807, 2.05) is 32.0 Å².